The van der Waals surface area contributed by atoms with Gasteiger partial charge in [-0.15, -0.1) is 0 Å². The van der Waals surface area contributed by atoms with Gasteiger partial charge in [0.1, 0.15) is 0 Å². The van der Waals surface area contributed by atoms with Crippen molar-refractivity contribution in [2.45, 2.75) is 52.0 Å². The first-order valence-electron chi connectivity index (χ1n) is 7.15. The van der Waals surface area contributed by atoms with E-state index in [4.69, 9.17) is 0 Å². The summed E-state index contributed by atoms with van der Waals surface area (Å²) < 4.78 is 0. The van der Waals surface area contributed by atoms with Crippen LogP contribution in [0.25, 0.3) is 0 Å². The number of rotatable bonds is 1. The molecule has 0 radical (unpaired) electrons. The van der Waals surface area contributed by atoms with E-state index >= 15 is 0 Å². The summed E-state index contributed by atoms with van der Waals surface area (Å²) in [5.41, 5.74) is 0. The summed E-state index contributed by atoms with van der Waals surface area (Å²) in [4.78, 5) is 27.6. The molecule has 2 aliphatic rings. The Bertz CT molecular complexity index is 322. The average Bonchev–Trinajstić information content (AvgIpc) is 2.38. The Morgan fingerprint density at radius 3 is 2.22 bits per heavy atom. The molecule has 2 aliphatic heterocycles. The van der Waals surface area contributed by atoms with Crippen LogP contribution in [0.3, 0.4) is 0 Å². The highest BCUT2D eigenvalue weighted by molar-refractivity contribution is 5.80. The lowest BCUT2D eigenvalue weighted by molar-refractivity contribution is -0.142. The van der Waals surface area contributed by atoms with Crippen LogP contribution in [0, 0.1) is 5.92 Å². The zero-order chi connectivity index (χ0) is 13.1. The quantitative estimate of drug-likeness (QED) is 0.712. The van der Waals surface area contributed by atoms with E-state index in [9.17, 15) is 9.59 Å². The monoisotopic (exact) mass is 252 g/mol. The number of carbonyl (C=O) groups is 2. The molecule has 2 saturated heterocycles. The van der Waals surface area contributed by atoms with Gasteiger partial charge in [0.05, 0.1) is 0 Å². The van der Waals surface area contributed by atoms with Gasteiger partial charge < -0.3 is 9.80 Å². The van der Waals surface area contributed by atoms with Gasteiger partial charge in [-0.2, -0.15) is 0 Å². The molecule has 0 aromatic heterocycles. The van der Waals surface area contributed by atoms with E-state index in [0.29, 0.717) is 11.9 Å². The first-order valence-corrected chi connectivity index (χ1v) is 7.15. The van der Waals surface area contributed by atoms with E-state index in [0.717, 1.165) is 45.3 Å². The fourth-order valence-electron chi connectivity index (χ4n) is 3.10. The lowest BCUT2D eigenvalue weighted by Gasteiger charge is -2.38. The minimum Gasteiger partial charge on any atom is -0.343 e. The lowest BCUT2D eigenvalue weighted by atomic mass is 9.93. The van der Waals surface area contributed by atoms with Gasteiger partial charge in [-0.1, -0.05) is 0 Å². The fourth-order valence-corrected chi connectivity index (χ4v) is 3.10. The van der Waals surface area contributed by atoms with Crippen LogP contribution in [0.15, 0.2) is 0 Å². The van der Waals surface area contributed by atoms with Crippen molar-refractivity contribution in [1.82, 2.24) is 9.80 Å². The second-order valence-corrected chi connectivity index (χ2v) is 5.66. The Kier molecular flexibility index (Phi) is 4.25. The SMILES string of the molecule is CC(=O)N1CCC(C(=O)N2CCCCC2C)CC1. The molecule has 2 amide bonds. The summed E-state index contributed by atoms with van der Waals surface area (Å²) in [6, 6.07) is 0.400. The van der Waals surface area contributed by atoms with Crippen LogP contribution in [0.4, 0.5) is 0 Å². The third kappa shape index (κ3) is 2.85. The van der Waals surface area contributed by atoms with Gasteiger partial charge in [0.25, 0.3) is 0 Å². The molecule has 0 bridgehead atoms. The number of amides is 2. The molecule has 2 fully saturated rings. The Labute approximate surface area is 109 Å². The minimum absolute atomic E-state index is 0.132. The maximum absolute atomic E-state index is 12.5. The third-order valence-corrected chi connectivity index (χ3v) is 4.38. The van der Waals surface area contributed by atoms with E-state index in [1.807, 2.05) is 4.90 Å². The summed E-state index contributed by atoms with van der Waals surface area (Å²) in [5.74, 6) is 0.596. The van der Waals surface area contributed by atoms with E-state index < -0.39 is 0 Å². The van der Waals surface area contributed by atoms with Crippen molar-refractivity contribution >= 4 is 11.8 Å². The first-order chi connectivity index (χ1) is 8.59. The molecular formula is C14H24N2O2. The number of carbonyl (C=O) groups excluding carboxylic acids is 2. The molecule has 2 rings (SSSR count). The number of hydrogen-bond donors (Lipinski definition) is 0. The highest BCUT2D eigenvalue weighted by Crippen LogP contribution is 2.24. The van der Waals surface area contributed by atoms with Crippen molar-refractivity contribution in [1.29, 1.82) is 0 Å². The maximum atomic E-state index is 12.5. The van der Waals surface area contributed by atoms with Crippen LogP contribution in [-0.2, 0) is 9.59 Å². The number of likely N-dealkylation sites (tertiary alicyclic amines) is 2. The average molecular weight is 252 g/mol. The van der Waals surface area contributed by atoms with Crippen LogP contribution in [0.2, 0.25) is 0 Å². The smallest absolute Gasteiger partial charge is 0.226 e. The van der Waals surface area contributed by atoms with E-state index in [2.05, 4.69) is 11.8 Å². The Morgan fingerprint density at radius 2 is 1.67 bits per heavy atom. The van der Waals surface area contributed by atoms with Crippen molar-refractivity contribution in [2.75, 3.05) is 19.6 Å². The molecule has 0 N–H and O–H groups in total. The molecule has 18 heavy (non-hydrogen) atoms. The normalized spacial score (nSPS) is 26.2. The van der Waals surface area contributed by atoms with Crippen molar-refractivity contribution < 1.29 is 9.59 Å². The molecule has 0 spiro atoms. The molecule has 1 atom stereocenters. The van der Waals surface area contributed by atoms with Gasteiger partial charge in [-0.25, -0.2) is 0 Å². The molecule has 0 aromatic carbocycles. The Hall–Kier alpha value is -1.06. The van der Waals surface area contributed by atoms with Gasteiger partial charge in [-0.3, -0.25) is 9.59 Å². The fraction of sp³-hybridized carbons (Fsp3) is 0.857. The predicted molar refractivity (Wildman–Crippen MR) is 70.0 cm³/mol. The molecule has 102 valence electrons. The van der Waals surface area contributed by atoms with Gasteiger partial charge in [0.2, 0.25) is 11.8 Å². The highest BCUT2D eigenvalue weighted by Gasteiger charge is 2.32. The van der Waals surface area contributed by atoms with Gasteiger partial charge in [0.15, 0.2) is 0 Å². The highest BCUT2D eigenvalue weighted by atomic mass is 16.2. The summed E-state index contributed by atoms with van der Waals surface area (Å²) >= 11 is 0. The van der Waals surface area contributed by atoms with E-state index in [1.54, 1.807) is 6.92 Å². The van der Waals surface area contributed by atoms with Gasteiger partial charge in [0, 0.05) is 38.5 Å². The molecule has 4 heteroatoms. The number of nitrogens with zero attached hydrogens (tertiary/aromatic N) is 2. The van der Waals surface area contributed by atoms with Crippen LogP contribution in [-0.4, -0.2) is 47.3 Å². The van der Waals surface area contributed by atoms with Crippen LogP contribution in [0.5, 0.6) is 0 Å². The lowest BCUT2D eigenvalue weighted by Crippen LogP contribution is -2.48. The molecule has 0 saturated carbocycles. The predicted octanol–water partition coefficient (Wildman–Crippen LogP) is 1.65. The third-order valence-electron chi connectivity index (χ3n) is 4.38. The molecule has 0 aromatic rings. The zero-order valence-electron chi connectivity index (χ0n) is 11.5. The van der Waals surface area contributed by atoms with Crippen molar-refractivity contribution in [3.63, 3.8) is 0 Å². The van der Waals surface area contributed by atoms with E-state index in [1.165, 1.54) is 6.42 Å². The summed E-state index contributed by atoms with van der Waals surface area (Å²) in [7, 11) is 0. The van der Waals surface area contributed by atoms with Gasteiger partial charge >= 0.3 is 0 Å². The maximum Gasteiger partial charge on any atom is 0.226 e. The largest absolute Gasteiger partial charge is 0.343 e. The zero-order valence-corrected chi connectivity index (χ0v) is 11.5. The standard InChI is InChI=1S/C14H24N2O2/c1-11-5-3-4-8-16(11)14(18)13-6-9-15(10-7-13)12(2)17/h11,13H,3-10H2,1-2H3. The number of hydrogen-bond acceptors (Lipinski definition) is 2. The molecular weight excluding hydrogens is 228 g/mol. The summed E-state index contributed by atoms with van der Waals surface area (Å²) in [6.45, 7) is 6.17. The molecule has 1 unspecified atom stereocenters. The summed E-state index contributed by atoms with van der Waals surface area (Å²) in [6.07, 6.45) is 5.19. The van der Waals surface area contributed by atoms with Crippen LogP contribution >= 0.6 is 0 Å². The molecule has 4 nitrogen and oxygen atoms in total. The second-order valence-electron chi connectivity index (χ2n) is 5.66. The van der Waals surface area contributed by atoms with Crippen LogP contribution in [0.1, 0.15) is 46.0 Å². The Balaban J connectivity index is 1.88. The Morgan fingerprint density at radius 1 is 1.00 bits per heavy atom. The van der Waals surface area contributed by atoms with Crippen LogP contribution < -0.4 is 0 Å². The van der Waals surface area contributed by atoms with Crippen molar-refractivity contribution in [2.24, 2.45) is 5.92 Å². The van der Waals surface area contributed by atoms with Gasteiger partial charge in [-0.05, 0) is 39.0 Å². The molecule has 2 heterocycles. The van der Waals surface area contributed by atoms with Crippen molar-refractivity contribution in [3.8, 4) is 0 Å². The minimum atomic E-state index is 0.132. The second kappa shape index (κ2) is 5.72. The first kappa shape index (κ1) is 13.4. The molecule has 0 aliphatic carbocycles. The topological polar surface area (TPSA) is 40.6 Å². The van der Waals surface area contributed by atoms with E-state index in [-0.39, 0.29) is 11.8 Å². The van der Waals surface area contributed by atoms with Crippen molar-refractivity contribution in [3.05, 3.63) is 0 Å². The number of piperidine rings is 2. The summed E-state index contributed by atoms with van der Waals surface area (Å²) in [5, 5.41) is 0.